The van der Waals surface area contributed by atoms with E-state index in [4.69, 9.17) is 10.2 Å². The first kappa shape index (κ1) is 13.1. The molecule has 0 aromatic heterocycles. The first-order valence-electron chi connectivity index (χ1n) is 5.12. The van der Waals surface area contributed by atoms with Crippen LogP contribution in [0.3, 0.4) is 0 Å². The second kappa shape index (κ2) is 6.59. The van der Waals surface area contributed by atoms with Gasteiger partial charge in [0, 0.05) is 11.8 Å². The van der Waals surface area contributed by atoms with E-state index in [1.807, 2.05) is 0 Å². The SMILES string of the molecule is O=C(NC[C@H](O)C(=O)O)NC1CCCSC1. The molecule has 2 atom stereocenters. The zero-order valence-electron chi connectivity index (χ0n) is 8.81. The van der Waals surface area contributed by atoms with Gasteiger partial charge in [0.05, 0.1) is 6.54 Å². The van der Waals surface area contributed by atoms with Gasteiger partial charge in [0.25, 0.3) is 0 Å². The van der Waals surface area contributed by atoms with Crippen LogP contribution in [0.25, 0.3) is 0 Å². The summed E-state index contributed by atoms with van der Waals surface area (Å²) in [5.74, 6) is 0.667. The average Bonchev–Trinajstić information content (AvgIpc) is 2.27. The van der Waals surface area contributed by atoms with Crippen molar-refractivity contribution in [2.75, 3.05) is 18.1 Å². The zero-order valence-corrected chi connectivity index (χ0v) is 9.63. The van der Waals surface area contributed by atoms with Crippen LogP contribution >= 0.6 is 11.8 Å². The summed E-state index contributed by atoms with van der Waals surface area (Å²) in [5, 5.41) is 22.4. The molecular formula is C9H16N2O4S. The van der Waals surface area contributed by atoms with E-state index in [1.165, 1.54) is 0 Å². The minimum atomic E-state index is -1.55. The minimum absolute atomic E-state index is 0.140. The van der Waals surface area contributed by atoms with Gasteiger partial charge in [0.2, 0.25) is 0 Å². The van der Waals surface area contributed by atoms with Crippen LogP contribution in [0.4, 0.5) is 4.79 Å². The maximum atomic E-state index is 11.3. The number of nitrogens with one attached hydrogen (secondary N) is 2. The molecule has 0 aromatic rings. The molecule has 1 fully saturated rings. The molecule has 16 heavy (non-hydrogen) atoms. The summed E-state index contributed by atoms with van der Waals surface area (Å²) in [6.45, 7) is -0.277. The lowest BCUT2D eigenvalue weighted by Gasteiger charge is -2.22. The lowest BCUT2D eigenvalue weighted by molar-refractivity contribution is -0.146. The molecule has 0 aromatic carbocycles. The molecule has 0 spiro atoms. The minimum Gasteiger partial charge on any atom is -0.479 e. The fourth-order valence-corrected chi connectivity index (χ4v) is 2.44. The van der Waals surface area contributed by atoms with Crippen molar-refractivity contribution in [3.63, 3.8) is 0 Å². The van der Waals surface area contributed by atoms with Gasteiger partial charge in [0.15, 0.2) is 6.10 Å². The molecule has 0 aliphatic carbocycles. The molecule has 7 heteroatoms. The fourth-order valence-electron chi connectivity index (χ4n) is 1.37. The van der Waals surface area contributed by atoms with E-state index in [1.54, 1.807) is 11.8 Å². The third-order valence-electron chi connectivity index (χ3n) is 2.24. The van der Waals surface area contributed by atoms with Crippen molar-refractivity contribution < 1.29 is 19.8 Å². The monoisotopic (exact) mass is 248 g/mol. The Bertz CT molecular complexity index is 256. The van der Waals surface area contributed by atoms with E-state index in [2.05, 4.69) is 10.6 Å². The Labute approximate surface area is 97.8 Å². The number of carbonyl (C=O) groups is 2. The summed E-state index contributed by atoms with van der Waals surface area (Å²) in [6.07, 6.45) is 0.474. The number of amides is 2. The number of rotatable bonds is 4. The number of aliphatic hydroxyl groups excluding tert-OH is 1. The second-order valence-corrected chi connectivity index (χ2v) is 4.77. The van der Waals surface area contributed by atoms with Crippen LogP contribution in [0.2, 0.25) is 0 Å². The molecule has 0 bridgehead atoms. The van der Waals surface area contributed by atoms with Gasteiger partial charge in [-0.25, -0.2) is 9.59 Å². The van der Waals surface area contributed by atoms with Gasteiger partial charge in [-0.3, -0.25) is 0 Å². The molecule has 92 valence electrons. The van der Waals surface area contributed by atoms with Gasteiger partial charge >= 0.3 is 12.0 Å². The first-order valence-corrected chi connectivity index (χ1v) is 6.28. The van der Waals surface area contributed by atoms with Crippen LogP contribution < -0.4 is 10.6 Å². The Morgan fingerprint density at radius 1 is 1.50 bits per heavy atom. The maximum Gasteiger partial charge on any atom is 0.334 e. The van der Waals surface area contributed by atoms with Crippen molar-refractivity contribution >= 4 is 23.8 Å². The van der Waals surface area contributed by atoms with Gasteiger partial charge in [-0.15, -0.1) is 0 Å². The fraction of sp³-hybridized carbons (Fsp3) is 0.778. The third kappa shape index (κ3) is 4.71. The number of carboxylic acid groups (broad SMARTS) is 1. The summed E-state index contributed by atoms with van der Waals surface area (Å²) < 4.78 is 0. The molecule has 1 aliphatic heterocycles. The summed E-state index contributed by atoms with van der Waals surface area (Å²) >= 11 is 1.79. The molecule has 1 rings (SSSR count). The lowest BCUT2D eigenvalue weighted by Crippen LogP contribution is -2.47. The number of aliphatic hydroxyl groups is 1. The van der Waals surface area contributed by atoms with E-state index in [0.717, 1.165) is 24.3 Å². The number of hydrogen-bond donors (Lipinski definition) is 4. The Balaban J connectivity index is 2.17. The Kier molecular flexibility index (Phi) is 5.41. The van der Waals surface area contributed by atoms with E-state index in [-0.39, 0.29) is 12.6 Å². The number of hydrogen-bond acceptors (Lipinski definition) is 4. The summed E-state index contributed by atoms with van der Waals surface area (Å²) in [6, 6.07) is -0.284. The standard InChI is InChI=1S/C9H16N2O4S/c12-7(8(13)14)4-10-9(15)11-6-2-1-3-16-5-6/h6-7,12H,1-5H2,(H,13,14)(H2,10,11,15)/t6?,7-/m0/s1. The Hall–Kier alpha value is -0.950. The molecule has 0 saturated carbocycles. The third-order valence-corrected chi connectivity index (χ3v) is 3.45. The Morgan fingerprint density at radius 3 is 2.81 bits per heavy atom. The molecule has 1 heterocycles. The van der Waals surface area contributed by atoms with Crippen LogP contribution in [0.5, 0.6) is 0 Å². The highest BCUT2D eigenvalue weighted by atomic mass is 32.2. The quantitative estimate of drug-likeness (QED) is 0.544. The second-order valence-electron chi connectivity index (χ2n) is 3.62. The zero-order chi connectivity index (χ0) is 12.0. The highest BCUT2D eigenvalue weighted by molar-refractivity contribution is 7.99. The molecule has 1 saturated heterocycles. The first-order chi connectivity index (χ1) is 7.59. The van der Waals surface area contributed by atoms with Crippen molar-refractivity contribution in [2.45, 2.75) is 25.0 Å². The highest BCUT2D eigenvalue weighted by Crippen LogP contribution is 2.16. The average molecular weight is 248 g/mol. The van der Waals surface area contributed by atoms with Gasteiger partial charge in [-0.2, -0.15) is 11.8 Å². The highest BCUT2D eigenvalue weighted by Gasteiger charge is 2.18. The molecule has 1 unspecified atom stereocenters. The molecule has 0 radical (unpaired) electrons. The summed E-state index contributed by atoms with van der Waals surface area (Å²) in [4.78, 5) is 21.6. The normalized spacial score (nSPS) is 22.2. The van der Waals surface area contributed by atoms with Crippen LogP contribution in [-0.2, 0) is 4.79 Å². The summed E-state index contributed by atoms with van der Waals surface area (Å²) in [5.41, 5.74) is 0. The van der Waals surface area contributed by atoms with Crippen LogP contribution in [-0.4, -0.2) is 52.4 Å². The van der Waals surface area contributed by atoms with Gasteiger partial charge in [-0.1, -0.05) is 0 Å². The van der Waals surface area contributed by atoms with Crippen LogP contribution in [0.15, 0.2) is 0 Å². The number of thioether (sulfide) groups is 1. The smallest absolute Gasteiger partial charge is 0.334 e. The number of aliphatic carboxylic acids is 1. The predicted octanol–water partition coefficient (Wildman–Crippen LogP) is -0.373. The van der Waals surface area contributed by atoms with Crippen molar-refractivity contribution in [1.29, 1.82) is 0 Å². The maximum absolute atomic E-state index is 11.3. The number of urea groups is 1. The van der Waals surface area contributed by atoms with E-state index in [0.29, 0.717) is 0 Å². The van der Waals surface area contributed by atoms with Gasteiger partial charge in [0.1, 0.15) is 0 Å². The van der Waals surface area contributed by atoms with Crippen molar-refractivity contribution in [2.24, 2.45) is 0 Å². The van der Waals surface area contributed by atoms with Gasteiger partial charge in [-0.05, 0) is 18.6 Å². The van der Waals surface area contributed by atoms with Crippen LogP contribution in [0, 0.1) is 0 Å². The topological polar surface area (TPSA) is 98.7 Å². The van der Waals surface area contributed by atoms with Crippen LogP contribution in [0.1, 0.15) is 12.8 Å². The molecule has 4 N–H and O–H groups in total. The Morgan fingerprint density at radius 2 is 2.25 bits per heavy atom. The largest absolute Gasteiger partial charge is 0.479 e. The molecule has 6 nitrogen and oxygen atoms in total. The number of carboxylic acids is 1. The summed E-state index contributed by atoms with van der Waals surface area (Å²) in [7, 11) is 0. The van der Waals surface area contributed by atoms with E-state index in [9.17, 15) is 9.59 Å². The predicted molar refractivity (Wildman–Crippen MR) is 60.5 cm³/mol. The van der Waals surface area contributed by atoms with Crippen molar-refractivity contribution in [3.8, 4) is 0 Å². The lowest BCUT2D eigenvalue weighted by atomic mass is 10.2. The van der Waals surface area contributed by atoms with E-state index >= 15 is 0 Å². The van der Waals surface area contributed by atoms with Crippen molar-refractivity contribution in [3.05, 3.63) is 0 Å². The molecule has 1 aliphatic rings. The van der Waals surface area contributed by atoms with E-state index < -0.39 is 18.1 Å². The molecule has 2 amide bonds. The van der Waals surface area contributed by atoms with Gasteiger partial charge < -0.3 is 20.8 Å². The molecular weight excluding hydrogens is 232 g/mol. The number of carbonyl (C=O) groups excluding carboxylic acids is 1. The van der Waals surface area contributed by atoms with Crippen molar-refractivity contribution in [1.82, 2.24) is 10.6 Å².